The molecule has 1 aromatic carbocycles. The molecular formula is C13H11Cl2NO3. The summed E-state index contributed by atoms with van der Waals surface area (Å²) in [5, 5.41) is 10.7. The lowest BCUT2D eigenvalue weighted by Crippen LogP contribution is -2.08. The van der Waals surface area contributed by atoms with Crippen molar-refractivity contribution in [1.82, 2.24) is 0 Å². The van der Waals surface area contributed by atoms with Crippen LogP contribution in [0.2, 0.25) is 10.0 Å². The molecule has 1 N–H and O–H groups in total. The topological polar surface area (TPSA) is 58.9 Å². The lowest BCUT2D eigenvalue weighted by Gasteiger charge is -2.02. The number of cyclic esters (lactones) is 1. The highest BCUT2D eigenvalue weighted by molar-refractivity contribution is 6.35. The minimum absolute atomic E-state index is 0.0727. The number of hydrogen-bond donors (Lipinski definition) is 1. The molecule has 0 radical (unpaired) electrons. The van der Waals surface area contributed by atoms with Crippen molar-refractivity contribution in [3.8, 4) is 0 Å². The van der Waals surface area contributed by atoms with Gasteiger partial charge in [-0.25, -0.2) is 4.79 Å². The first-order valence-electron chi connectivity index (χ1n) is 5.55. The van der Waals surface area contributed by atoms with Gasteiger partial charge in [-0.1, -0.05) is 23.2 Å². The standard InChI is InChI=1S/C13H11Cl2NO3/c1-6(11-12(17)7(2)19-13(11)18)16-10-5-8(14)3-4-9(10)15/h3-5,7,17H,1-2H3. The Labute approximate surface area is 120 Å². The minimum Gasteiger partial charge on any atom is -0.507 e. The van der Waals surface area contributed by atoms with Crippen LogP contribution in [0.1, 0.15) is 13.8 Å². The zero-order valence-corrected chi connectivity index (χ0v) is 11.8. The molecule has 1 aliphatic heterocycles. The van der Waals surface area contributed by atoms with Gasteiger partial charge >= 0.3 is 5.97 Å². The number of ether oxygens (including phenoxy) is 1. The normalized spacial score (nSPS) is 19.9. The number of aliphatic hydroxyl groups excluding tert-OH is 1. The van der Waals surface area contributed by atoms with Gasteiger partial charge in [0.15, 0.2) is 6.10 Å². The zero-order chi connectivity index (χ0) is 14.2. The zero-order valence-electron chi connectivity index (χ0n) is 10.3. The molecule has 1 heterocycles. The first-order chi connectivity index (χ1) is 8.90. The van der Waals surface area contributed by atoms with Gasteiger partial charge in [-0.05, 0) is 32.0 Å². The van der Waals surface area contributed by atoms with E-state index in [4.69, 9.17) is 27.9 Å². The summed E-state index contributed by atoms with van der Waals surface area (Å²) in [5.41, 5.74) is 0.832. The monoisotopic (exact) mass is 299 g/mol. The van der Waals surface area contributed by atoms with E-state index in [1.807, 2.05) is 0 Å². The number of benzene rings is 1. The van der Waals surface area contributed by atoms with Crippen molar-refractivity contribution in [2.45, 2.75) is 20.0 Å². The second-order valence-corrected chi connectivity index (χ2v) is 4.94. The maximum Gasteiger partial charge on any atom is 0.344 e. The van der Waals surface area contributed by atoms with E-state index in [9.17, 15) is 9.90 Å². The molecule has 100 valence electrons. The van der Waals surface area contributed by atoms with Gasteiger partial charge in [-0.2, -0.15) is 0 Å². The van der Waals surface area contributed by atoms with Crippen LogP contribution in [0.15, 0.2) is 34.5 Å². The van der Waals surface area contributed by atoms with Crippen LogP contribution in [-0.2, 0) is 9.53 Å². The quantitative estimate of drug-likeness (QED) is 0.666. The number of hydrogen-bond acceptors (Lipinski definition) is 4. The van der Waals surface area contributed by atoms with Gasteiger partial charge in [0.1, 0.15) is 11.3 Å². The summed E-state index contributed by atoms with van der Waals surface area (Å²) in [7, 11) is 0. The number of carbonyl (C=O) groups is 1. The molecule has 0 bridgehead atoms. The van der Waals surface area contributed by atoms with Crippen molar-refractivity contribution in [3.63, 3.8) is 0 Å². The predicted molar refractivity (Wildman–Crippen MR) is 74.4 cm³/mol. The minimum atomic E-state index is -0.650. The molecule has 0 amide bonds. The Kier molecular flexibility index (Phi) is 3.83. The molecular weight excluding hydrogens is 289 g/mol. The second kappa shape index (κ2) is 5.23. The van der Waals surface area contributed by atoms with Crippen LogP contribution in [0.4, 0.5) is 5.69 Å². The molecule has 0 aromatic heterocycles. The fraction of sp³-hybridized carbons (Fsp3) is 0.231. The number of esters is 1. The van der Waals surface area contributed by atoms with Crippen molar-refractivity contribution < 1.29 is 14.6 Å². The maximum absolute atomic E-state index is 11.6. The number of halogens is 2. The van der Waals surface area contributed by atoms with Crippen molar-refractivity contribution in [2.75, 3.05) is 0 Å². The first kappa shape index (κ1) is 13.9. The molecule has 0 fully saturated rings. The summed E-state index contributed by atoms with van der Waals surface area (Å²) in [6.45, 7) is 3.18. The summed E-state index contributed by atoms with van der Waals surface area (Å²) in [6, 6.07) is 4.83. The number of aliphatic imine (C=N–C) groups is 1. The van der Waals surface area contributed by atoms with Gasteiger partial charge in [0.2, 0.25) is 0 Å². The summed E-state index contributed by atoms with van der Waals surface area (Å²) in [5.74, 6) is -0.714. The number of nitrogens with zero attached hydrogens (tertiary/aromatic N) is 1. The lowest BCUT2D eigenvalue weighted by molar-refractivity contribution is -0.139. The third kappa shape index (κ3) is 2.74. The summed E-state index contributed by atoms with van der Waals surface area (Å²) >= 11 is 11.8. The maximum atomic E-state index is 11.6. The highest BCUT2D eigenvalue weighted by atomic mass is 35.5. The Bertz CT molecular complexity index is 608. The lowest BCUT2D eigenvalue weighted by atomic mass is 10.1. The largest absolute Gasteiger partial charge is 0.507 e. The van der Waals surface area contributed by atoms with E-state index in [1.165, 1.54) is 0 Å². The van der Waals surface area contributed by atoms with E-state index in [0.29, 0.717) is 21.4 Å². The molecule has 1 aliphatic rings. The average molecular weight is 300 g/mol. The van der Waals surface area contributed by atoms with E-state index in [2.05, 4.69) is 4.99 Å². The molecule has 1 unspecified atom stereocenters. The third-order valence-electron chi connectivity index (χ3n) is 2.69. The highest BCUT2D eigenvalue weighted by Crippen LogP contribution is 2.30. The van der Waals surface area contributed by atoms with Gasteiger partial charge < -0.3 is 9.84 Å². The number of rotatable bonds is 2. The van der Waals surface area contributed by atoms with E-state index in [-0.39, 0.29) is 11.3 Å². The van der Waals surface area contributed by atoms with Crippen LogP contribution >= 0.6 is 23.2 Å². The molecule has 0 saturated carbocycles. The summed E-state index contributed by atoms with van der Waals surface area (Å²) < 4.78 is 4.90. The van der Waals surface area contributed by atoms with Crippen molar-refractivity contribution in [3.05, 3.63) is 39.6 Å². The third-order valence-corrected chi connectivity index (χ3v) is 3.24. The van der Waals surface area contributed by atoms with Crippen LogP contribution in [0, 0.1) is 0 Å². The van der Waals surface area contributed by atoms with Gasteiger partial charge in [-0.3, -0.25) is 4.99 Å². The van der Waals surface area contributed by atoms with Crippen LogP contribution in [0.25, 0.3) is 0 Å². The average Bonchev–Trinajstić information content (AvgIpc) is 2.58. The van der Waals surface area contributed by atoms with Crippen molar-refractivity contribution >= 4 is 40.6 Å². The Morgan fingerprint density at radius 1 is 1.42 bits per heavy atom. The smallest absolute Gasteiger partial charge is 0.344 e. The molecule has 19 heavy (non-hydrogen) atoms. The molecule has 6 heteroatoms. The van der Waals surface area contributed by atoms with Crippen LogP contribution in [0.5, 0.6) is 0 Å². The molecule has 0 aliphatic carbocycles. The number of aliphatic hydroxyl groups is 1. The van der Waals surface area contributed by atoms with Gasteiger partial charge in [0.05, 0.1) is 16.4 Å². The van der Waals surface area contributed by atoms with E-state index >= 15 is 0 Å². The Morgan fingerprint density at radius 3 is 2.68 bits per heavy atom. The molecule has 1 aromatic rings. The van der Waals surface area contributed by atoms with E-state index < -0.39 is 12.1 Å². The first-order valence-corrected chi connectivity index (χ1v) is 6.30. The Balaban J connectivity index is 2.44. The van der Waals surface area contributed by atoms with Crippen molar-refractivity contribution in [2.24, 2.45) is 4.99 Å². The molecule has 1 atom stereocenters. The van der Waals surface area contributed by atoms with E-state index in [1.54, 1.807) is 32.0 Å². The fourth-order valence-corrected chi connectivity index (χ4v) is 2.05. The molecule has 0 saturated heterocycles. The predicted octanol–water partition coefficient (Wildman–Crippen LogP) is 3.84. The molecule has 0 spiro atoms. The van der Waals surface area contributed by atoms with Crippen LogP contribution < -0.4 is 0 Å². The van der Waals surface area contributed by atoms with Crippen molar-refractivity contribution in [1.29, 1.82) is 0 Å². The Hall–Kier alpha value is -1.52. The van der Waals surface area contributed by atoms with Crippen LogP contribution in [-0.4, -0.2) is 22.9 Å². The van der Waals surface area contributed by atoms with Crippen LogP contribution in [0.3, 0.4) is 0 Å². The Morgan fingerprint density at radius 2 is 2.11 bits per heavy atom. The molecule has 2 rings (SSSR count). The second-order valence-electron chi connectivity index (χ2n) is 4.10. The SMILES string of the molecule is CC(=Nc1cc(Cl)ccc1Cl)C1=C(O)C(C)OC1=O. The summed E-state index contributed by atoms with van der Waals surface area (Å²) in [4.78, 5) is 15.8. The number of carbonyl (C=O) groups excluding carboxylic acids is 1. The fourth-order valence-electron chi connectivity index (χ4n) is 1.72. The van der Waals surface area contributed by atoms with Gasteiger partial charge in [0.25, 0.3) is 0 Å². The van der Waals surface area contributed by atoms with E-state index in [0.717, 1.165) is 0 Å². The van der Waals surface area contributed by atoms with Gasteiger partial charge in [0, 0.05) is 5.02 Å². The molecule has 4 nitrogen and oxygen atoms in total. The van der Waals surface area contributed by atoms with Gasteiger partial charge in [-0.15, -0.1) is 0 Å². The summed E-state index contributed by atoms with van der Waals surface area (Å²) in [6.07, 6.45) is -0.650. The highest BCUT2D eigenvalue weighted by Gasteiger charge is 2.32.